The summed E-state index contributed by atoms with van der Waals surface area (Å²) in [7, 11) is 0. The van der Waals surface area contributed by atoms with Crippen molar-refractivity contribution >= 4 is 11.3 Å². The first-order valence-electron chi connectivity index (χ1n) is 6.47. The van der Waals surface area contributed by atoms with Gasteiger partial charge in [0.05, 0.1) is 5.54 Å². The second kappa shape index (κ2) is 4.21. The van der Waals surface area contributed by atoms with Gasteiger partial charge in [-0.1, -0.05) is 0 Å². The van der Waals surface area contributed by atoms with Crippen molar-refractivity contribution < 1.29 is 0 Å². The molecule has 0 fully saturated rings. The van der Waals surface area contributed by atoms with Crippen molar-refractivity contribution in [1.82, 2.24) is 9.55 Å². The summed E-state index contributed by atoms with van der Waals surface area (Å²) in [6.45, 7) is 4.46. The molecule has 4 heteroatoms. The van der Waals surface area contributed by atoms with Crippen LogP contribution in [0.5, 0.6) is 0 Å². The van der Waals surface area contributed by atoms with E-state index in [0.717, 1.165) is 17.8 Å². The van der Waals surface area contributed by atoms with Crippen LogP contribution in [-0.4, -0.2) is 9.55 Å². The standard InChI is InChI=1S/C14H19N3S/c1-14(2,13-16-7-9-18-13)17-8-6-10-11(15)4-3-5-12(10)17/h6-9,11H,3-5,15H2,1-2H3. The van der Waals surface area contributed by atoms with Crippen LogP contribution in [0.2, 0.25) is 0 Å². The number of aromatic nitrogens is 2. The normalized spacial score (nSPS) is 19.8. The zero-order valence-corrected chi connectivity index (χ0v) is 11.7. The monoisotopic (exact) mass is 261 g/mol. The fraction of sp³-hybridized carbons (Fsp3) is 0.500. The van der Waals surface area contributed by atoms with Crippen molar-refractivity contribution in [2.24, 2.45) is 5.73 Å². The fourth-order valence-electron chi connectivity index (χ4n) is 2.88. The highest BCUT2D eigenvalue weighted by Gasteiger charge is 2.30. The van der Waals surface area contributed by atoms with E-state index >= 15 is 0 Å². The van der Waals surface area contributed by atoms with Crippen molar-refractivity contribution in [1.29, 1.82) is 0 Å². The van der Waals surface area contributed by atoms with E-state index in [0.29, 0.717) is 0 Å². The molecule has 0 saturated heterocycles. The highest BCUT2D eigenvalue weighted by molar-refractivity contribution is 7.09. The first-order valence-corrected chi connectivity index (χ1v) is 7.35. The Morgan fingerprint density at radius 1 is 1.50 bits per heavy atom. The molecule has 1 aliphatic rings. The molecule has 0 aromatic carbocycles. The third-order valence-corrected chi connectivity index (χ3v) is 5.00. The molecule has 18 heavy (non-hydrogen) atoms. The third kappa shape index (κ3) is 1.71. The third-order valence-electron chi connectivity index (χ3n) is 3.91. The van der Waals surface area contributed by atoms with E-state index in [4.69, 9.17) is 5.73 Å². The fourth-order valence-corrected chi connectivity index (χ4v) is 3.64. The van der Waals surface area contributed by atoms with E-state index in [1.807, 2.05) is 11.6 Å². The molecule has 1 aliphatic carbocycles. The molecule has 1 unspecified atom stereocenters. The molecule has 3 rings (SSSR count). The van der Waals surface area contributed by atoms with E-state index in [9.17, 15) is 0 Å². The molecule has 2 N–H and O–H groups in total. The Kier molecular flexibility index (Phi) is 2.79. The van der Waals surface area contributed by atoms with Crippen molar-refractivity contribution in [3.8, 4) is 0 Å². The summed E-state index contributed by atoms with van der Waals surface area (Å²) in [6.07, 6.45) is 7.48. The number of rotatable bonds is 2. The topological polar surface area (TPSA) is 43.8 Å². The maximum atomic E-state index is 6.20. The van der Waals surface area contributed by atoms with Crippen LogP contribution in [0.1, 0.15) is 49.0 Å². The van der Waals surface area contributed by atoms with Crippen LogP contribution in [0.4, 0.5) is 0 Å². The highest BCUT2D eigenvalue weighted by Crippen LogP contribution is 2.35. The van der Waals surface area contributed by atoms with Gasteiger partial charge in [-0.15, -0.1) is 11.3 Å². The number of thiazole rings is 1. The summed E-state index contributed by atoms with van der Waals surface area (Å²) >= 11 is 1.72. The zero-order chi connectivity index (χ0) is 12.8. The van der Waals surface area contributed by atoms with Gasteiger partial charge in [-0.25, -0.2) is 4.98 Å². The van der Waals surface area contributed by atoms with E-state index in [-0.39, 0.29) is 11.6 Å². The lowest BCUT2D eigenvalue weighted by atomic mass is 9.93. The summed E-state index contributed by atoms with van der Waals surface area (Å²) in [6, 6.07) is 2.40. The largest absolute Gasteiger partial charge is 0.339 e. The smallest absolute Gasteiger partial charge is 0.118 e. The lowest BCUT2D eigenvalue weighted by Gasteiger charge is -2.30. The molecule has 2 aromatic rings. The molecule has 3 nitrogen and oxygen atoms in total. The summed E-state index contributed by atoms with van der Waals surface area (Å²) in [5, 5.41) is 3.19. The Morgan fingerprint density at radius 2 is 2.33 bits per heavy atom. The quantitative estimate of drug-likeness (QED) is 0.903. The van der Waals surface area contributed by atoms with Crippen LogP contribution in [0.3, 0.4) is 0 Å². The molecule has 0 bridgehead atoms. The lowest BCUT2D eigenvalue weighted by Crippen LogP contribution is -2.30. The molecule has 96 valence electrons. The number of nitrogens with two attached hydrogens (primary N) is 1. The van der Waals surface area contributed by atoms with Crippen LogP contribution < -0.4 is 5.73 Å². The SMILES string of the molecule is CC(C)(c1nccs1)n1ccc2c1CCCC2N. The van der Waals surface area contributed by atoms with Crippen molar-refractivity contribution in [2.75, 3.05) is 0 Å². The maximum Gasteiger partial charge on any atom is 0.118 e. The molecule has 0 saturated carbocycles. The van der Waals surface area contributed by atoms with E-state index in [2.05, 4.69) is 35.7 Å². The maximum absolute atomic E-state index is 6.20. The number of hydrogen-bond acceptors (Lipinski definition) is 3. The minimum absolute atomic E-state index is 0.0845. The Bertz CT molecular complexity index is 539. The van der Waals surface area contributed by atoms with Gasteiger partial charge < -0.3 is 10.3 Å². The molecule has 0 radical (unpaired) electrons. The van der Waals surface area contributed by atoms with E-state index in [1.54, 1.807) is 11.3 Å². The summed E-state index contributed by atoms with van der Waals surface area (Å²) < 4.78 is 2.36. The van der Waals surface area contributed by atoms with Gasteiger partial charge in [0.1, 0.15) is 5.01 Å². The van der Waals surface area contributed by atoms with Gasteiger partial charge in [-0.2, -0.15) is 0 Å². The van der Waals surface area contributed by atoms with Crippen LogP contribution >= 0.6 is 11.3 Å². The number of nitrogens with zero attached hydrogens (tertiary/aromatic N) is 2. The van der Waals surface area contributed by atoms with Gasteiger partial charge in [-0.05, 0) is 44.7 Å². The Labute approximate surface area is 112 Å². The second-order valence-corrected chi connectivity index (χ2v) is 6.38. The van der Waals surface area contributed by atoms with Crippen molar-refractivity contribution in [3.63, 3.8) is 0 Å². The lowest BCUT2D eigenvalue weighted by molar-refractivity contribution is 0.408. The number of hydrogen-bond donors (Lipinski definition) is 1. The van der Waals surface area contributed by atoms with Crippen molar-refractivity contribution in [3.05, 3.63) is 40.1 Å². The minimum atomic E-state index is -0.0845. The zero-order valence-electron chi connectivity index (χ0n) is 10.9. The van der Waals surface area contributed by atoms with Gasteiger partial charge >= 0.3 is 0 Å². The highest BCUT2D eigenvalue weighted by atomic mass is 32.1. The van der Waals surface area contributed by atoms with Gasteiger partial charge in [0.2, 0.25) is 0 Å². The van der Waals surface area contributed by atoms with Gasteiger partial charge in [0.25, 0.3) is 0 Å². The Morgan fingerprint density at radius 3 is 3.06 bits per heavy atom. The predicted octanol–water partition coefficient (Wildman–Crippen LogP) is 3.06. The molecule has 1 atom stereocenters. The Hall–Kier alpha value is -1.13. The number of fused-ring (bicyclic) bond motifs is 1. The molecule has 2 heterocycles. The van der Waals surface area contributed by atoms with Gasteiger partial charge in [0.15, 0.2) is 0 Å². The van der Waals surface area contributed by atoms with Crippen LogP contribution in [0, 0.1) is 0 Å². The Balaban J connectivity index is 2.08. The molecule has 0 spiro atoms. The molecular weight excluding hydrogens is 242 g/mol. The molecule has 0 amide bonds. The van der Waals surface area contributed by atoms with Gasteiger partial charge in [0, 0.05) is 29.5 Å². The molecule has 0 aliphatic heterocycles. The molecular formula is C14H19N3S. The average molecular weight is 261 g/mol. The summed E-state index contributed by atoms with van der Waals surface area (Å²) in [5.41, 5.74) is 8.83. The summed E-state index contributed by atoms with van der Waals surface area (Å²) in [4.78, 5) is 4.48. The van der Waals surface area contributed by atoms with Crippen LogP contribution in [0.25, 0.3) is 0 Å². The second-order valence-electron chi connectivity index (χ2n) is 5.48. The van der Waals surface area contributed by atoms with Crippen LogP contribution in [0.15, 0.2) is 23.8 Å². The van der Waals surface area contributed by atoms with E-state index < -0.39 is 0 Å². The molecule has 2 aromatic heterocycles. The van der Waals surface area contributed by atoms with Gasteiger partial charge in [-0.3, -0.25) is 0 Å². The summed E-state index contributed by atoms with van der Waals surface area (Å²) in [5.74, 6) is 0. The average Bonchev–Trinajstić information content (AvgIpc) is 2.99. The van der Waals surface area contributed by atoms with Crippen LogP contribution in [-0.2, 0) is 12.0 Å². The predicted molar refractivity (Wildman–Crippen MR) is 74.8 cm³/mol. The van der Waals surface area contributed by atoms with Crippen molar-refractivity contribution in [2.45, 2.75) is 44.7 Å². The first-order chi connectivity index (χ1) is 8.60. The van der Waals surface area contributed by atoms with E-state index in [1.165, 1.54) is 17.7 Å². The minimum Gasteiger partial charge on any atom is -0.339 e. The first kappa shape index (κ1) is 11.9.